The Hall–Kier alpha value is -1.29. The summed E-state index contributed by atoms with van der Waals surface area (Å²) in [6.07, 6.45) is 2.16. The number of aromatic nitrogens is 1. The number of piperidine rings is 1. The van der Waals surface area contributed by atoms with Crippen LogP contribution in [0.25, 0.3) is 0 Å². The van der Waals surface area contributed by atoms with Crippen molar-refractivity contribution in [1.82, 2.24) is 14.8 Å². The van der Waals surface area contributed by atoms with Crippen molar-refractivity contribution in [3.8, 4) is 0 Å². The van der Waals surface area contributed by atoms with E-state index in [1.807, 2.05) is 0 Å². The molecule has 20 heavy (non-hydrogen) atoms. The quantitative estimate of drug-likeness (QED) is 0.852. The van der Waals surface area contributed by atoms with Crippen molar-refractivity contribution in [3.63, 3.8) is 0 Å². The molecule has 2 aliphatic heterocycles. The highest BCUT2D eigenvalue weighted by molar-refractivity contribution is 5.82. The number of nitrogens with zero attached hydrogens (tertiary/aromatic N) is 2. The molecule has 1 saturated heterocycles. The SMILES string of the molecule is Cc1ccc2n1CCN(C(=O)C1CC(C)CCN1)C2C. The van der Waals surface area contributed by atoms with Crippen molar-refractivity contribution in [1.29, 1.82) is 0 Å². The number of nitrogens with one attached hydrogen (secondary N) is 1. The lowest BCUT2D eigenvalue weighted by molar-refractivity contribution is -0.137. The van der Waals surface area contributed by atoms with Crippen LogP contribution in [-0.2, 0) is 11.3 Å². The Balaban J connectivity index is 1.76. The van der Waals surface area contributed by atoms with E-state index < -0.39 is 0 Å². The van der Waals surface area contributed by atoms with Gasteiger partial charge in [-0.1, -0.05) is 6.92 Å². The van der Waals surface area contributed by atoms with Gasteiger partial charge in [-0.25, -0.2) is 0 Å². The maximum Gasteiger partial charge on any atom is 0.240 e. The van der Waals surface area contributed by atoms with Crippen molar-refractivity contribution in [2.75, 3.05) is 13.1 Å². The summed E-state index contributed by atoms with van der Waals surface area (Å²) in [4.78, 5) is 14.8. The summed E-state index contributed by atoms with van der Waals surface area (Å²) in [5, 5.41) is 3.40. The van der Waals surface area contributed by atoms with Crippen LogP contribution in [0.2, 0.25) is 0 Å². The van der Waals surface area contributed by atoms with E-state index in [-0.39, 0.29) is 18.0 Å². The number of carbonyl (C=O) groups excluding carboxylic acids is 1. The average Bonchev–Trinajstić information content (AvgIpc) is 2.81. The van der Waals surface area contributed by atoms with E-state index in [0.717, 1.165) is 26.1 Å². The van der Waals surface area contributed by atoms with Gasteiger partial charge in [0.2, 0.25) is 5.91 Å². The minimum absolute atomic E-state index is 0.0174. The Bertz CT molecular complexity index is 508. The lowest BCUT2D eigenvalue weighted by Gasteiger charge is -2.39. The minimum atomic E-state index is 0.0174. The van der Waals surface area contributed by atoms with Gasteiger partial charge in [-0.05, 0) is 51.3 Å². The van der Waals surface area contributed by atoms with Gasteiger partial charge in [0.1, 0.15) is 0 Å². The molecule has 0 saturated carbocycles. The maximum atomic E-state index is 12.8. The van der Waals surface area contributed by atoms with Crippen molar-refractivity contribution in [3.05, 3.63) is 23.5 Å². The van der Waals surface area contributed by atoms with E-state index in [1.165, 1.54) is 17.8 Å². The van der Waals surface area contributed by atoms with E-state index in [0.29, 0.717) is 5.92 Å². The first-order chi connectivity index (χ1) is 9.58. The molecule has 3 rings (SSSR count). The fraction of sp³-hybridized carbons (Fsp3) is 0.688. The molecule has 1 amide bonds. The topological polar surface area (TPSA) is 37.3 Å². The molecule has 3 atom stereocenters. The van der Waals surface area contributed by atoms with Crippen LogP contribution >= 0.6 is 0 Å². The zero-order chi connectivity index (χ0) is 14.3. The summed E-state index contributed by atoms with van der Waals surface area (Å²) in [5.74, 6) is 0.936. The third-order valence-corrected chi connectivity index (χ3v) is 4.94. The van der Waals surface area contributed by atoms with Gasteiger partial charge >= 0.3 is 0 Å². The third-order valence-electron chi connectivity index (χ3n) is 4.94. The number of aryl methyl sites for hydroxylation is 1. The molecular formula is C16H25N3O. The number of fused-ring (bicyclic) bond motifs is 1. The van der Waals surface area contributed by atoms with E-state index in [4.69, 9.17) is 0 Å². The first kappa shape index (κ1) is 13.7. The van der Waals surface area contributed by atoms with Gasteiger partial charge in [0.25, 0.3) is 0 Å². The summed E-state index contributed by atoms with van der Waals surface area (Å²) in [5.41, 5.74) is 2.56. The normalized spacial score (nSPS) is 30.1. The van der Waals surface area contributed by atoms with Gasteiger partial charge in [0, 0.05) is 24.5 Å². The largest absolute Gasteiger partial charge is 0.345 e. The number of rotatable bonds is 1. The molecule has 3 unspecified atom stereocenters. The smallest absolute Gasteiger partial charge is 0.240 e. The number of amides is 1. The zero-order valence-corrected chi connectivity index (χ0v) is 12.7. The van der Waals surface area contributed by atoms with Crippen molar-refractivity contribution < 1.29 is 4.79 Å². The van der Waals surface area contributed by atoms with Crippen LogP contribution in [0.5, 0.6) is 0 Å². The average molecular weight is 275 g/mol. The Morgan fingerprint density at radius 3 is 2.85 bits per heavy atom. The minimum Gasteiger partial charge on any atom is -0.345 e. The summed E-state index contributed by atoms with van der Waals surface area (Å²) in [6.45, 7) is 9.25. The fourth-order valence-electron chi connectivity index (χ4n) is 3.62. The van der Waals surface area contributed by atoms with Crippen molar-refractivity contribution in [2.24, 2.45) is 5.92 Å². The van der Waals surface area contributed by atoms with E-state index >= 15 is 0 Å². The second-order valence-corrected chi connectivity index (χ2v) is 6.40. The van der Waals surface area contributed by atoms with Gasteiger partial charge in [-0.3, -0.25) is 4.79 Å². The molecule has 1 N–H and O–H groups in total. The zero-order valence-electron chi connectivity index (χ0n) is 12.7. The van der Waals surface area contributed by atoms with Crippen molar-refractivity contribution in [2.45, 2.75) is 52.2 Å². The molecule has 4 nitrogen and oxygen atoms in total. The van der Waals surface area contributed by atoms with Gasteiger partial charge < -0.3 is 14.8 Å². The highest BCUT2D eigenvalue weighted by atomic mass is 16.2. The van der Waals surface area contributed by atoms with Crippen LogP contribution in [0.4, 0.5) is 0 Å². The third kappa shape index (κ3) is 2.26. The highest BCUT2D eigenvalue weighted by Crippen LogP contribution is 2.29. The van der Waals surface area contributed by atoms with Crippen LogP contribution in [0.15, 0.2) is 12.1 Å². The molecule has 110 valence electrons. The Morgan fingerprint density at radius 1 is 1.30 bits per heavy atom. The first-order valence-electron chi connectivity index (χ1n) is 7.78. The second-order valence-electron chi connectivity index (χ2n) is 6.40. The van der Waals surface area contributed by atoms with Gasteiger partial charge in [0.05, 0.1) is 12.1 Å². The molecule has 3 heterocycles. The van der Waals surface area contributed by atoms with Crippen LogP contribution < -0.4 is 5.32 Å². The molecular weight excluding hydrogens is 250 g/mol. The summed E-state index contributed by atoms with van der Waals surface area (Å²) in [7, 11) is 0. The molecule has 0 aromatic carbocycles. The number of carbonyl (C=O) groups is 1. The number of hydrogen-bond donors (Lipinski definition) is 1. The monoisotopic (exact) mass is 275 g/mol. The fourth-order valence-corrected chi connectivity index (χ4v) is 3.62. The molecule has 2 aliphatic rings. The van der Waals surface area contributed by atoms with Crippen molar-refractivity contribution >= 4 is 5.91 Å². The lowest BCUT2D eigenvalue weighted by atomic mass is 9.93. The van der Waals surface area contributed by atoms with E-state index in [1.54, 1.807) is 0 Å². The Kier molecular flexibility index (Phi) is 3.59. The van der Waals surface area contributed by atoms with Crippen LogP contribution in [-0.4, -0.2) is 34.5 Å². The maximum absolute atomic E-state index is 12.8. The van der Waals surface area contributed by atoms with Crippen LogP contribution in [0.1, 0.15) is 44.1 Å². The molecule has 1 aromatic heterocycles. The summed E-state index contributed by atoms with van der Waals surface area (Å²) in [6, 6.07) is 4.52. The van der Waals surface area contributed by atoms with E-state index in [2.05, 4.69) is 47.7 Å². The summed E-state index contributed by atoms with van der Waals surface area (Å²) < 4.78 is 2.34. The standard InChI is InChI=1S/C16H25N3O/c1-11-6-7-17-14(10-11)16(20)19-9-8-18-12(2)4-5-15(18)13(19)3/h4-5,11,13-14,17H,6-10H2,1-3H3. The molecule has 0 bridgehead atoms. The van der Waals surface area contributed by atoms with Crippen LogP contribution in [0.3, 0.4) is 0 Å². The summed E-state index contributed by atoms with van der Waals surface area (Å²) >= 11 is 0. The predicted molar refractivity (Wildman–Crippen MR) is 79.5 cm³/mol. The molecule has 0 spiro atoms. The Labute approximate surface area is 121 Å². The predicted octanol–water partition coefficient (Wildman–Crippen LogP) is 2.09. The van der Waals surface area contributed by atoms with E-state index in [9.17, 15) is 4.79 Å². The molecule has 0 aliphatic carbocycles. The second kappa shape index (κ2) is 5.24. The van der Waals surface area contributed by atoms with Crippen LogP contribution in [0, 0.1) is 12.8 Å². The molecule has 1 aromatic rings. The Morgan fingerprint density at radius 2 is 2.10 bits per heavy atom. The molecule has 4 heteroatoms. The first-order valence-corrected chi connectivity index (χ1v) is 7.78. The molecule has 1 fully saturated rings. The van der Waals surface area contributed by atoms with Gasteiger partial charge in [0.15, 0.2) is 0 Å². The number of hydrogen-bond acceptors (Lipinski definition) is 2. The highest BCUT2D eigenvalue weighted by Gasteiger charge is 2.34. The van der Waals surface area contributed by atoms with Gasteiger partial charge in [-0.15, -0.1) is 0 Å². The lowest BCUT2D eigenvalue weighted by Crippen LogP contribution is -2.52. The van der Waals surface area contributed by atoms with Gasteiger partial charge in [-0.2, -0.15) is 0 Å². The molecule has 0 radical (unpaired) electrons.